The largest absolute Gasteiger partial charge is 0.347 e. The van der Waals surface area contributed by atoms with Crippen molar-refractivity contribution in [2.45, 2.75) is 45.1 Å². The van der Waals surface area contributed by atoms with Crippen LogP contribution >= 0.6 is 0 Å². The van der Waals surface area contributed by atoms with Gasteiger partial charge in [-0.25, -0.2) is 4.98 Å². The Bertz CT molecular complexity index is 1120. The molecule has 4 rings (SSSR count). The number of aromatic nitrogens is 2. The summed E-state index contributed by atoms with van der Waals surface area (Å²) in [7, 11) is 3.92. The fourth-order valence-electron chi connectivity index (χ4n) is 4.71. The summed E-state index contributed by atoms with van der Waals surface area (Å²) in [6.45, 7) is 1.00. The molecular formula is C26H33F2N5O2. The van der Waals surface area contributed by atoms with Gasteiger partial charge in [-0.1, -0.05) is 24.3 Å². The van der Waals surface area contributed by atoms with E-state index in [9.17, 15) is 13.6 Å². The second-order valence-electron chi connectivity index (χ2n) is 9.24. The van der Waals surface area contributed by atoms with E-state index in [0.29, 0.717) is 25.6 Å². The number of amides is 1. The molecule has 0 N–H and O–H groups in total. The van der Waals surface area contributed by atoms with Crippen LogP contribution in [0.25, 0.3) is 11.0 Å². The lowest BCUT2D eigenvalue weighted by Gasteiger charge is -2.32. The Morgan fingerprint density at radius 3 is 2.89 bits per heavy atom. The van der Waals surface area contributed by atoms with Crippen LogP contribution < -0.4 is 4.90 Å². The third-order valence-electron chi connectivity index (χ3n) is 6.33. The lowest BCUT2D eigenvalue weighted by atomic mass is 10.1. The van der Waals surface area contributed by atoms with E-state index in [1.165, 1.54) is 0 Å². The molecule has 9 heteroatoms. The van der Waals surface area contributed by atoms with E-state index in [4.69, 9.17) is 9.72 Å². The number of hydrogen-bond donors (Lipinski definition) is 0. The Kier molecular flexibility index (Phi) is 7.97. The Labute approximate surface area is 204 Å². The molecule has 2 unspecified atom stereocenters. The molecule has 188 valence electrons. The summed E-state index contributed by atoms with van der Waals surface area (Å²) >= 11 is 0. The Balaban J connectivity index is 1.73. The number of alkyl halides is 2. The third-order valence-corrected chi connectivity index (χ3v) is 6.33. The molecule has 3 heterocycles. The molecule has 1 aromatic heterocycles. The molecule has 0 radical (unpaired) electrons. The van der Waals surface area contributed by atoms with Crippen molar-refractivity contribution in [1.82, 2.24) is 19.4 Å². The van der Waals surface area contributed by atoms with Crippen molar-refractivity contribution in [3.8, 4) is 0 Å². The molecule has 0 bridgehead atoms. The number of ether oxygens (including phenoxy) is 1. The summed E-state index contributed by atoms with van der Waals surface area (Å²) < 4.78 is 33.4. The highest BCUT2D eigenvalue weighted by molar-refractivity contribution is 5.88. The summed E-state index contributed by atoms with van der Waals surface area (Å²) in [5, 5.41) is 0. The third kappa shape index (κ3) is 5.79. The number of hydrogen-bond acceptors (Lipinski definition) is 5. The Morgan fingerprint density at radius 1 is 1.29 bits per heavy atom. The van der Waals surface area contributed by atoms with E-state index < -0.39 is 12.8 Å². The number of carbonyl (C=O) groups excluding carboxylic acids is 1. The van der Waals surface area contributed by atoms with Gasteiger partial charge in [0.2, 0.25) is 11.9 Å². The number of imidazole rings is 1. The number of likely N-dealkylation sites (tertiary alicyclic amines) is 1. The maximum absolute atomic E-state index is 13.2. The van der Waals surface area contributed by atoms with Gasteiger partial charge in [-0.05, 0) is 64.1 Å². The van der Waals surface area contributed by atoms with Crippen LogP contribution in [0.5, 0.6) is 0 Å². The average Bonchev–Trinajstić information content (AvgIpc) is 3.03. The normalized spacial score (nSPS) is 21.1. The molecule has 2 aliphatic rings. The number of anilines is 1. The van der Waals surface area contributed by atoms with Crippen LogP contribution in [0.2, 0.25) is 0 Å². The smallest absolute Gasteiger partial charge is 0.337 e. The summed E-state index contributed by atoms with van der Waals surface area (Å²) in [6.07, 6.45) is 12.0. The fraction of sp³-hybridized carbons (Fsp3) is 0.462. The van der Waals surface area contributed by atoms with Crippen LogP contribution in [0.15, 0.2) is 54.8 Å². The standard InChI is InChI=1S/C26H33F2N5O2/c1-19-10-8-12-21-24(19)33(26(29-21)32-17-7-5-14-23(32)35-25(27)28)20-11-4-6-16-31(18-20)22(34)13-9-15-30(2)3/h5,7-10,12-14,17,20,23,25H,4,6,11,15-16,18H2,1-3H3. The highest BCUT2D eigenvalue weighted by Gasteiger charge is 2.31. The molecule has 2 atom stereocenters. The van der Waals surface area contributed by atoms with Crippen LogP contribution in [0.4, 0.5) is 14.7 Å². The van der Waals surface area contributed by atoms with Crippen molar-refractivity contribution in [2.24, 2.45) is 0 Å². The van der Waals surface area contributed by atoms with Crippen molar-refractivity contribution < 1.29 is 18.3 Å². The van der Waals surface area contributed by atoms with Crippen LogP contribution in [-0.4, -0.2) is 71.8 Å². The fourth-order valence-corrected chi connectivity index (χ4v) is 4.71. The maximum atomic E-state index is 13.2. The molecule has 7 nitrogen and oxygen atoms in total. The number of allylic oxidation sites excluding steroid dienone is 2. The predicted molar refractivity (Wildman–Crippen MR) is 133 cm³/mol. The zero-order valence-corrected chi connectivity index (χ0v) is 20.5. The number of benzene rings is 1. The molecule has 1 saturated heterocycles. The number of likely N-dealkylation sites (N-methyl/N-ethyl adjacent to an activating group) is 1. The topological polar surface area (TPSA) is 53.8 Å². The number of para-hydroxylation sites is 1. The van der Waals surface area contributed by atoms with Gasteiger partial charge in [0.15, 0.2) is 6.23 Å². The van der Waals surface area contributed by atoms with Crippen molar-refractivity contribution >= 4 is 22.9 Å². The van der Waals surface area contributed by atoms with Gasteiger partial charge < -0.3 is 14.4 Å². The van der Waals surface area contributed by atoms with Crippen LogP contribution in [-0.2, 0) is 9.53 Å². The minimum Gasteiger partial charge on any atom is -0.337 e. The van der Waals surface area contributed by atoms with E-state index in [1.807, 2.05) is 55.1 Å². The van der Waals surface area contributed by atoms with E-state index in [2.05, 4.69) is 4.57 Å². The molecule has 1 amide bonds. The predicted octanol–water partition coefficient (Wildman–Crippen LogP) is 4.47. The lowest BCUT2D eigenvalue weighted by molar-refractivity contribution is -0.148. The lowest BCUT2D eigenvalue weighted by Crippen LogP contribution is -2.38. The van der Waals surface area contributed by atoms with E-state index in [1.54, 1.807) is 35.4 Å². The first-order valence-electron chi connectivity index (χ1n) is 12.0. The molecule has 1 fully saturated rings. The van der Waals surface area contributed by atoms with Crippen molar-refractivity contribution in [3.63, 3.8) is 0 Å². The van der Waals surface area contributed by atoms with Gasteiger partial charge in [-0.15, -0.1) is 0 Å². The van der Waals surface area contributed by atoms with Crippen LogP contribution in [0.1, 0.15) is 30.9 Å². The van der Waals surface area contributed by atoms with Gasteiger partial charge in [-0.2, -0.15) is 8.78 Å². The highest BCUT2D eigenvalue weighted by atomic mass is 19.3. The van der Waals surface area contributed by atoms with E-state index in [0.717, 1.165) is 35.9 Å². The van der Waals surface area contributed by atoms with Gasteiger partial charge in [0, 0.05) is 31.9 Å². The van der Waals surface area contributed by atoms with Gasteiger partial charge >= 0.3 is 6.61 Å². The summed E-state index contributed by atoms with van der Waals surface area (Å²) in [6, 6.07) is 5.83. The first-order chi connectivity index (χ1) is 16.8. The first kappa shape index (κ1) is 25.1. The van der Waals surface area contributed by atoms with E-state index in [-0.39, 0.29) is 11.9 Å². The number of rotatable bonds is 7. The van der Waals surface area contributed by atoms with E-state index >= 15 is 0 Å². The number of nitrogens with zero attached hydrogens (tertiary/aromatic N) is 5. The maximum Gasteiger partial charge on any atom is 0.347 e. The molecule has 35 heavy (non-hydrogen) atoms. The summed E-state index contributed by atoms with van der Waals surface area (Å²) in [5.41, 5.74) is 2.77. The summed E-state index contributed by atoms with van der Waals surface area (Å²) in [5.74, 6) is 0.518. The highest BCUT2D eigenvalue weighted by Crippen LogP contribution is 2.35. The van der Waals surface area contributed by atoms with Crippen LogP contribution in [0, 0.1) is 6.92 Å². The monoisotopic (exact) mass is 485 g/mol. The number of aryl methyl sites for hydroxylation is 1. The van der Waals surface area contributed by atoms with Gasteiger partial charge in [0.05, 0.1) is 17.1 Å². The zero-order chi connectivity index (χ0) is 24.9. The molecule has 0 aliphatic carbocycles. The summed E-state index contributed by atoms with van der Waals surface area (Å²) in [4.78, 5) is 23.4. The number of carbonyl (C=O) groups is 1. The minimum atomic E-state index is -2.92. The zero-order valence-electron chi connectivity index (χ0n) is 20.5. The Morgan fingerprint density at radius 2 is 2.11 bits per heavy atom. The molecule has 2 aromatic rings. The molecule has 1 aromatic carbocycles. The van der Waals surface area contributed by atoms with Crippen molar-refractivity contribution in [3.05, 3.63) is 60.3 Å². The van der Waals surface area contributed by atoms with Crippen LogP contribution in [0.3, 0.4) is 0 Å². The number of fused-ring (bicyclic) bond motifs is 1. The first-order valence-corrected chi connectivity index (χ1v) is 12.0. The minimum absolute atomic E-state index is 0.0128. The molecule has 0 spiro atoms. The van der Waals surface area contributed by atoms with Gasteiger partial charge in [0.1, 0.15) is 0 Å². The van der Waals surface area contributed by atoms with Crippen molar-refractivity contribution in [2.75, 3.05) is 38.6 Å². The van der Waals surface area contributed by atoms with Gasteiger partial charge in [-0.3, -0.25) is 14.4 Å². The molecule has 2 aliphatic heterocycles. The second-order valence-corrected chi connectivity index (χ2v) is 9.24. The van der Waals surface area contributed by atoms with Crippen molar-refractivity contribution in [1.29, 1.82) is 0 Å². The quantitative estimate of drug-likeness (QED) is 0.542. The second kappa shape index (κ2) is 11.1. The average molecular weight is 486 g/mol. The Hall–Kier alpha value is -3.04. The SMILES string of the molecule is Cc1cccc2nc(N3C=CC=CC3OC(F)F)n(C3CCCCN(C(=O)C=CCN(C)C)C3)c12. The molecule has 0 saturated carbocycles. The van der Waals surface area contributed by atoms with Gasteiger partial charge in [0.25, 0.3) is 0 Å². The molecular weight excluding hydrogens is 452 g/mol. The number of halogens is 2.